The van der Waals surface area contributed by atoms with Gasteiger partial charge in [-0.1, -0.05) is 6.07 Å². The Morgan fingerprint density at radius 2 is 1.77 bits per heavy atom. The number of aromatic nitrogens is 1. The highest BCUT2D eigenvalue weighted by atomic mass is 16.5. The number of methoxy groups -OCH3 is 3. The average Bonchev–Trinajstić information content (AvgIpc) is 3.01. The van der Waals surface area contributed by atoms with Crippen LogP contribution in [0.15, 0.2) is 36.4 Å². The maximum Gasteiger partial charge on any atom is 0.268 e. The molecule has 0 saturated heterocycles. The highest BCUT2D eigenvalue weighted by Gasteiger charge is 2.15. The summed E-state index contributed by atoms with van der Waals surface area (Å²) < 4.78 is 15.8. The second-order valence-corrected chi connectivity index (χ2v) is 5.91. The zero-order chi connectivity index (χ0) is 18.7. The number of fused-ring (bicyclic) bond motifs is 1. The molecule has 6 heteroatoms. The fourth-order valence-corrected chi connectivity index (χ4v) is 2.92. The highest BCUT2D eigenvalue weighted by molar-refractivity contribution is 6.01. The SMILES string of the molecule is COc1ccc2[nH]c(C(=O)NCc3ccc(OC)c(OC)c3)c(C)c2c1. The highest BCUT2D eigenvalue weighted by Crippen LogP contribution is 2.28. The standard InChI is InChI=1S/C20H22N2O4/c1-12-15-10-14(24-2)6-7-16(15)22-19(12)20(23)21-11-13-5-8-17(25-3)18(9-13)26-4/h5-10,22H,11H2,1-4H3,(H,21,23). The molecule has 1 amide bonds. The van der Waals surface area contributed by atoms with E-state index >= 15 is 0 Å². The monoisotopic (exact) mass is 354 g/mol. The summed E-state index contributed by atoms with van der Waals surface area (Å²) in [5, 5.41) is 3.91. The second-order valence-electron chi connectivity index (χ2n) is 5.91. The Morgan fingerprint density at radius 3 is 2.46 bits per heavy atom. The molecule has 0 radical (unpaired) electrons. The van der Waals surface area contributed by atoms with E-state index in [9.17, 15) is 4.79 Å². The molecule has 1 aromatic heterocycles. The van der Waals surface area contributed by atoms with Crippen molar-refractivity contribution in [1.82, 2.24) is 10.3 Å². The summed E-state index contributed by atoms with van der Waals surface area (Å²) in [5.74, 6) is 1.89. The van der Waals surface area contributed by atoms with E-state index < -0.39 is 0 Å². The van der Waals surface area contributed by atoms with Gasteiger partial charge in [0.15, 0.2) is 11.5 Å². The molecule has 3 aromatic rings. The molecule has 0 aliphatic carbocycles. The number of hydrogen-bond acceptors (Lipinski definition) is 4. The van der Waals surface area contributed by atoms with E-state index in [-0.39, 0.29) is 5.91 Å². The molecule has 0 fully saturated rings. The number of carbonyl (C=O) groups excluding carboxylic acids is 1. The number of rotatable bonds is 6. The Morgan fingerprint density at radius 1 is 1.00 bits per heavy atom. The van der Waals surface area contributed by atoms with Crippen LogP contribution in [0.3, 0.4) is 0 Å². The fraction of sp³-hybridized carbons (Fsp3) is 0.250. The molecule has 26 heavy (non-hydrogen) atoms. The largest absolute Gasteiger partial charge is 0.497 e. The van der Waals surface area contributed by atoms with E-state index in [2.05, 4.69) is 10.3 Å². The van der Waals surface area contributed by atoms with Crippen LogP contribution in [0.2, 0.25) is 0 Å². The zero-order valence-corrected chi connectivity index (χ0v) is 15.3. The smallest absolute Gasteiger partial charge is 0.268 e. The van der Waals surface area contributed by atoms with Crippen molar-refractivity contribution in [3.63, 3.8) is 0 Å². The number of amides is 1. The number of benzene rings is 2. The Balaban J connectivity index is 1.78. The molecular weight excluding hydrogens is 332 g/mol. The van der Waals surface area contributed by atoms with Gasteiger partial charge in [-0.2, -0.15) is 0 Å². The van der Waals surface area contributed by atoms with Crippen LogP contribution in [0.4, 0.5) is 0 Å². The number of H-pyrrole nitrogens is 1. The number of carbonyl (C=O) groups is 1. The van der Waals surface area contributed by atoms with Crippen molar-refractivity contribution in [2.24, 2.45) is 0 Å². The maximum absolute atomic E-state index is 12.6. The number of aryl methyl sites for hydroxylation is 1. The van der Waals surface area contributed by atoms with Crippen molar-refractivity contribution >= 4 is 16.8 Å². The summed E-state index contributed by atoms with van der Waals surface area (Å²) in [6.45, 7) is 2.31. The number of hydrogen-bond donors (Lipinski definition) is 2. The summed E-state index contributed by atoms with van der Waals surface area (Å²) in [6, 6.07) is 11.3. The predicted octanol–water partition coefficient (Wildman–Crippen LogP) is 3.43. The van der Waals surface area contributed by atoms with Crippen molar-refractivity contribution in [3.05, 3.63) is 53.2 Å². The molecule has 0 spiro atoms. The van der Waals surface area contributed by atoms with Gasteiger partial charge in [-0.25, -0.2) is 0 Å². The molecule has 0 unspecified atom stereocenters. The lowest BCUT2D eigenvalue weighted by molar-refractivity contribution is 0.0946. The van der Waals surface area contributed by atoms with Gasteiger partial charge in [0.1, 0.15) is 11.4 Å². The average molecular weight is 354 g/mol. The van der Waals surface area contributed by atoms with Crippen LogP contribution >= 0.6 is 0 Å². The Kier molecular flexibility index (Phi) is 5.02. The van der Waals surface area contributed by atoms with Crippen LogP contribution in [-0.2, 0) is 6.54 Å². The summed E-state index contributed by atoms with van der Waals surface area (Å²) in [6.07, 6.45) is 0. The second kappa shape index (κ2) is 7.39. The topological polar surface area (TPSA) is 72.6 Å². The normalized spacial score (nSPS) is 10.6. The summed E-state index contributed by atoms with van der Waals surface area (Å²) in [7, 11) is 4.80. The van der Waals surface area contributed by atoms with Crippen molar-refractivity contribution in [1.29, 1.82) is 0 Å². The Labute approximate surface area is 152 Å². The molecule has 0 atom stereocenters. The molecule has 136 valence electrons. The van der Waals surface area contributed by atoms with Gasteiger partial charge in [-0.05, 0) is 48.4 Å². The molecule has 3 rings (SSSR count). The van der Waals surface area contributed by atoms with Crippen LogP contribution in [0, 0.1) is 6.92 Å². The first-order chi connectivity index (χ1) is 12.6. The predicted molar refractivity (Wildman–Crippen MR) is 100 cm³/mol. The third-order valence-electron chi connectivity index (χ3n) is 4.39. The van der Waals surface area contributed by atoms with Gasteiger partial charge in [0, 0.05) is 17.4 Å². The van der Waals surface area contributed by atoms with E-state index in [0.717, 1.165) is 27.8 Å². The lowest BCUT2D eigenvalue weighted by atomic mass is 10.1. The molecule has 0 aliphatic heterocycles. The van der Waals surface area contributed by atoms with Gasteiger partial charge in [0.2, 0.25) is 0 Å². The minimum Gasteiger partial charge on any atom is -0.497 e. The van der Waals surface area contributed by atoms with Gasteiger partial charge in [-0.3, -0.25) is 4.79 Å². The van der Waals surface area contributed by atoms with Crippen molar-refractivity contribution in [3.8, 4) is 17.2 Å². The lowest BCUT2D eigenvalue weighted by Gasteiger charge is -2.10. The molecule has 0 saturated carbocycles. The molecular formula is C20H22N2O4. The van der Waals surface area contributed by atoms with Crippen molar-refractivity contribution < 1.29 is 19.0 Å². The Bertz CT molecular complexity index is 946. The summed E-state index contributed by atoms with van der Waals surface area (Å²) in [5.41, 5.74) is 3.27. The molecule has 0 aliphatic rings. The van der Waals surface area contributed by atoms with Crippen LogP contribution < -0.4 is 19.5 Å². The van der Waals surface area contributed by atoms with Gasteiger partial charge in [-0.15, -0.1) is 0 Å². The first kappa shape index (κ1) is 17.7. The Hall–Kier alpha value is -3.15. The molecule has 2 N–H and O–H groups in total. The summed E-state index contributed by atoms with van der Waals surface area (Å²) >= 11 is 0. The third kappa shape index (κ3) is 3.31. The lowest BCUT2D eigenvalue weighted by Crippen LogP contribution is -2.23. The van der Waals surface area contributed by atoms with Crippen LogP contribution in [0.1, 0.15) is 21.6 Å². The summed E-state index contributed by atoms with van der Waals surface area (Å²) in [4.78, 5) is 15.8. The minimum absolute atomic E-state index is 0.160. The van der Waals surface area contributed by atoms with Gasteiger partial charge in [0.05, 0.1) is 21.3 Å². The first-order valence-corrected chi connectivity index (χ1v) is 8.22. The molecule has 6 nitrogen and oxygen atoms in total. The minimum atomic E-state index is -0.160. The maximum atomic E-state index is 12.6. The van der Waals surface area contributed by atoms with Crippen molar-refractivity contribution in [2.75, 3.05) is 21.3 Å². The van der Waals surface area contributed by atoms with Gasteiger partial charge >= 0.3 is 0 Å². The van der Waals surface area contributed by atoms with E-state index in [1.54, 1.807) is 21.3 Å². The van der Waals surface area contributed by atoms with Crippen molar-refractivity contribution in [2.45, 2.75) is 13.5 Å². The number of aromatic amines is 1. The van der Waals surface area contributed by atoms with Crippen LogP contribution in [-0.4, -0.2) is 32.2 Å². The van der Waals surface area contributed by atoms with E-state index in [4.69, 9.17) is 14.2 Å². The van der Waals surface area contributed by atoms with E-state index in [0.29, 0.717) is 23.7 Å². The number of nitrogens with one attached hydrogen (secondary N) is 2. The van der Waals surface area contributed by atoms with Gasteiger partial charge < -0.3 is 24.5 Å². The van der Waals surface area contributed by atoms with E-state index in [1.807, 2.05) is 43.3 Å². The fourth-order valence-electron chi connectivity index (χ4n) is 2.92. The molecule has 0 bridgehead atoms. The van der Waals surface area contributed by atoms with Crippen LogP contribution in [0.5, 0.6) is 17.2 Å². The van der Waals surface area contributed by atoms with Gasteiger partial charge in [0.25, 0.3) is 5.91 Å². The number of ether oxygens (including phenoxy) is 3. The van der Waals surface area contributed by atoms with Crippen LogP contribution in [0.25, 0.3) is 10.9 Å². The third-order valence-corrected chi connectivity index (χ3v) is 4.39. The molecule has 1 heterocycles. The quantitative estimate of drug-likeness (QED) is 0.711. The van der Waals surface area contributed by atoms with E-state index in [1.165, 1.54) is 0 Å². The zero-order valence-electron chi connectivity index (χ0n) is 15.3. The first-order valence-electron chi connectivity index (χ1n) is 8.22. The molecule has 2 aromatic carbocycles.